The second-order valence-electron chi connectivity index (χ2n) is 7.81. The molecule has 2 aromatic carbocycles. The minimum absolute atomic E-state index is 0.0402. The van der Waals surface area contributed by atoms with E-state index in [1.807, 2.05) is 43.3 Å². The minimum atomic E-state index is -0.0402. The van der Waals surface area contributed by atoms with E-state index < -0.39 is 0 Å². The van der Waals surface area contributed by atoms with Gasteiger partial charge in [-0.1, -0.05) is 35.5 Å². The SMILES string of the molecule is CC(CCc1ccccc1)NC(=O)Cc1cc(-c2ccc3c(c2)CC(C)O3)on1. The lowest BCUT2D eigenvalue weighted by Crippen LogP contribution is -2.34. The predicted molar refractivity (Wildman–Crippen MR) is 112 cm³/mol. The van der Waals surface area contributed by atoms with E-state index >= 15 is 0 Å². The molecule has 5 heteroatoms. The highest BCUT2D eigenvalue weighted by Gasteiger charge is 2.20. The Hall–Kier alpha value is -3.08. The lowest BCUT2D eigenvalue weighted by Gasteiger charge is -2.13. The van der Waals surface area contributed by atoms with Crippen LogP contribution in [0.4, 0.5) is 0 Å². The molecule has 1 aromatic heterocycles. The van der Waals surface area contributed by atoms with E-state index in [1.54, 1.807) is 0 Å². The fraction of sp³-hybridized carbons (Fsp3) is 0.333. The summed E-state index contributed by atoms with van der Waals surface area (Å²) in [5, 5.41) is 7.12. The molecule has 0 aliphatic carbocycles. The summed E-state index contributed by atoms with van der Waals surface area (Å²) in [5.41, 5.74) is 4.05. The summed E-state index contributed by atoms with van der Waals surface area (Å²) in [6.45, 7) is 4.09. The molecule has 0 spiro atoms. The highest BCUT2D eigenvalue weighted by Crippen LogP contribution is 2.33. The van der Waals surface area contributed by atoms with Gasteiger partial charge in [0.2, 0.25) is 5.91 Å². The average molecular weight is 390 g/mol. The Labute approximate surface area is 171 Å². The normalized spacial score (nSPS) is 16.1. The van der Waals surface area contributed by atoms with Gasteiger partial charge in [-0.15, -0.1) is 0 Å². The number of carbonyl (C=O) groups is 1. The van der Waals surface area contributed by atoms with Gasteiger partial charge in [0.05, 0.1) is 12.1 Å². The third kappa shape index (κ3) is 4.86. The maximum Gasteiger partial charge on any atom is 0.226 e. The molecule has 5 nitrogen and oxygen atoms in total. The van der Waals surface area contributed by atoms with E-state index in [-0.39, 0.29) is 24.5 Å². The number of aromatic nitrogens is 1. The van der Waals surface area contributed by atoms with Gasteiger partial charge in [0.1, 0.15) is 11.9 Å². The maximum atomic E-state index is 12.4. The standard InChI is InChI=1S/C24H26N2O3/c1-16(8-9-18-6-4-3-5-7-18)25-24(27)15-21-14-23(29-26-21)19-10-11-22-20(13-19)12-17(2)28-22/h3-7,10-11,13-14,16-17H,8-9,12,15H2,1-2H3,(H,25,27). The van der Waals surface area contributed by atoms with Crippen LogP contribution in [0.1, 0.15) is 37.1 Å². The molecule has 1 amide bonds. The molecule has 0 bridgehead atoms. The second-order valence-corrected chi connectivity index (χ2v) is 7.81. The summed E-state index contributed by atoms with van der Waals surface area (Å²) in [6, 6.07) is 18.3. The highest BCUT2D eigenvalue weighted by molar-refractivity contribution is 5.78. The second kappa shape index (κ2) is 8.52. The first-order valence-electron chi connectivity index (χ1n) is 10.2. The number of nitrogens with zero attached hydrogens (tertiary/aromatic N) is 1. The smallest absolute Gasteiger partial charge is 0.226 e. The average Bonchev–Trinajstić information content (AvgIpc) is 3.32. The van der Waals surface area contributed by atoms with Crippen molar-refractivity contribution in [1.82, 2.24) is 10.5 Å². The molecule has 0 saturated heterocycles. The van der Waals surface area contributed by atoms with E-state index in [0.29, 0.717) is 11.5 Å². The van der Waals surface area contributed by atoms with Crippen molar-refractivity contribution in [1.29, 1.82) is 0 Å². The molecule has 1 aliphatic heterocycles. The van der Waals surface area contributed by atoms with Gasteiger partial charge in [-0.25, -0.2) is 0 Å². The van der Waals surface area contributed by atoms with Gasteiger partial charge in [-0.2, -0.15) is 0 Å². The number of rotatable bonds is 7. The third-order valence-corrected chi connectivity index (χ3v) is 5.20. The Morgan fingerprint density at radius 2 is 2.03 bits per heavy atom. The first kappa shape index (κ1) is 19.2. The number of benzene rings is 2. The molecule has 0 saturated carbocycles. The highest BCUT2D eigenvalue weighted by atomic mass is 16.5. The van der Waals surface area contributed by atoms with Gasteiger partial charge in [-0.3, -0.25) is 4.79 Å². The monoisotopic (exact) mass is 390 g/mol. The quantitative estimate of drug-likeness (QED) is 0.652. The Kier molecular flexibility index (Phi) is 5.65. The van der Waals surface area contributed by atoms with E-state index in [2.05, 4.69) is 35.6 Å². The lowest BCUT2D eigenvalue weighted by atomic mass is 10.0. The molecule has 1 N–H and O–H groups in total. The van der Waals surface area contributed by atoms with Crippen LogP contribution in [0, 0.1) is 0 Å². The van der Waals surface area contributed by atoms with Crippen LogP contribution in [-0.4, -0.2) is 23.2 Å². The lowest BCUT2D eigenvalue weighted by molar-refractivity contribution is -0.121. The third-order valence-electron chi connectivity index (χ3n) is 5.20. The largest absolute Gasteiger partial charge is 0.490 e. The van der Waals surface area contributed by atoms with E-state index in [0.717, 1.165) is 30.6 Å². The summed E-state index contributed by atoms with van der Waals surface area (Å²) in [6.07, 6.45) is 3.16. The Bertz CT molecular complexity index is 981. The summed E-state index contributed by atoms with van der Waals surface area (Å²) in [4.78, 5) is 12.4. The topological polar surface area (TPSA) is 64.4 Å². The predicted octanol–water partition coefficient (Wildman–Crippen LogP) is 4.35. The fourth-order valence-electron chi connectivity index (χ4n) is 3.70. The molecule has 2 atom stereocenters. The van der Waals surface area contributed by atoms with Crippen molar-refractivity contribution in [3.05, 3.63) is 71.4 Å². The van der Waals surface area contributed by atoms with Crippen LogP contribution < -0.4 is 10.1 Å². The van der Waals surface area contributed by atoms with Crippen LogP contribution in [0.25, 0.3) is 11.3 Å². The molecule has 0 radical (unpaired) electrons. The Morgan fingerprint density at radius 3 is 2.86 bits per heavy atom. The van der Waals surface area contributed by atoms with Crippen LogP contribution in [0.2, 0.25) is 0 Å². The van der Waals surface area contributed by atoms with Crippen molar-refractivity contribution >= 4 is 5.91 Å². The zero-order valence-corrected chi connectivity index (χ0v) is 16.9. The zero-order valence-electron chi connectivity index (χ0n) is 16.9. The number of nitrogens with one attached hydrogen (secondary N) is 1. The fourth-order valence-corrected chi connectivity index (χ4v) is 3.70. The summed E-state index contributed by atoms with van der Waals surface area (Å²) in [5.74, 6) is 1.57. The maximum absolute atomic E-state index is 12.4. The first-order valence-corrected chi connectivity index (χ1v) is 10.2. The van der Waals surface area contributed by atoms with Crippen molar-refractivity contribution in [2.75, 3.05) is 0 Å². The molecule has 2 heterocycles. The van der Waals surface area contributed by atoms with E-state index in [9.17, 15) is 4.79 Å². The van der Waals surface area contributed by atoms with Crippen LogP contribution in [0.15, 0.2) is 59.1 Å². The molecule has 3 aromatic rings. The molecule has 29 heavy (non-hydrogen) atoms. The van der Waals surface area contributed by atoms with Crippen molar-refractivity contribution < 1.29 is 14.1 Å². The van der Waals surface area contributed by atoms with Crippen LogP contribution in [-0.2, 0) is 24.1 Å². The number of ether oxygens (including phenoxy) is 1. The van der Waals surface area contributed by atoms with Gasteiger partial charge in [0, 0.05) is 24.1 Å². The van der Waals surface area contributed by atoms with Gasteiger partial charge in [0.15, 0.2) is 5.76 Å². The summed E-state index contributed by atoms with van der Waals surface area (Å²) in [7, 11) is 0. The van der Waals surface area contributed by atoms with Crippen LogP contribution >= 0.6 is 0 Å². The van der Waals surface area contributed by atoms with Gasteiger partial charge >= 0.3 is 0 Å². The van der Waals surface area contributed by atoms with Gasteiger partial charge in [0.25, 0.3) is 0 Å². The molecule has 4 rings (SSSR count). The van der Waals surface area contributed by atoms with Gasteiger partial charge in [-0.05, 0) is 56.0 Å². The molecule has 0 fully saturated rings. The van der Waals surface area contributed by atoms with Crippen molar-refractivity contribution in [2.24, 2.45) is 0 Å². The molecular formula is C24H26N2O3. The van der Waals surface area contributed by atoms with E-state index in [4.69, 9.17) is 9.26 Å². The van der Waals surface area contributed by atoms with Crippen molar-refractivity contribution in [3.8, 4) is 17.1 Å². The Balaban J connectivity index is 1.31. The molecular weight excluding hydrogens is 364 g/mol. The van der Waals surface area contributed by atoms with Gasteiger partial charge < -0.3 is 14.6 Å². The zero-order chi connectivity index (χ0) is 20.2. The number of amides is 1. The number of hydrogen-bond donors (Lipinski definition) is 1. The number of aryl methyl sites for hydroxylation is 1. The van der Waals surface area contributed by atoms with Crippen LogP contribution in [0.3, 0.4) is 0 Å². The summed E-state index contributed by atoms with van der Waals surface area (Å²) < 4.78 is 11.2. The minimum Gasteiger partial charge on any atom is -0.490 e. The first-order chi connectivity index (χ1) is 14.1. The van der Waals surface area contributed by atoms with Crippen LogP contribution in [0.5, 0.6) is 5.75 Å². The molecule has 1 aliphatic rings. The number of carbonyl (C=O) groups excluding carboxylic acids is 1. The van der Waals surface area contributed by atoms with Crippen molar-refractivity contribution in [2.45, 2.75) is 51.7 Å². The Morgan fingerprint density at radius 1 is 1.21 bits per heavy atom. The molecule has 2 unspecified atom stereocenters. The molecule has 150 valence electrons. The number of hydrogen-bond acceptors (Lipinski definition) is 4. The number of fused-ring (bicyclic) bond motifs is 1. The van der Waals surface area contributed by atoms with Crippen molar-refractivity contribution in [3.63, 3.8) is 0 Å². The van der Waals surface area contributed by atoms with E-state index in [1.165, 1.54) is 11.1 Å². The summed E-state index contributed by atoms with van der Waals surface area (Å²) >= 11 is 0.